The first kappa shape index (κ1) is 25.6. The largest absolute Gasteiger partial charge is 0.414 e. The van der Waals surface area contributed by atoms with Crippen molar-refractivity contribution in [3.63, 3.8) is 0 Å². The molecule has 0 spiro atoms. The van der Waals surface area contributed by atoms with E-state index in [0.717, 1.165) is 0 Å². The summed E-state index contributed by atoms with van der Waals surface area (Å²) in [6.45, 7) is 19.9. The molecule has 3 heterocycles. The summed E-state index contributed by atoms with van der Waals surface area (Å²) in [5, 5.41) is 0. The Bertz CT molecular complexity index is 896. The highest BCUT2D eigenvalue weighted by molar-refractivity contribution is 6.83. The maximum absolute atomic E-state index is 12.5. The van der Waals surface area contributed by atoms with Crippen molar-refractivity contribution in [2.75, 3.05) is 6.61 Å². The average Bonchev–Trinajstić information content (AvgIpc) is 2.96. The predicted octanol–water partition coefficient (Wildman–Crippen LogP) is 4.03. The zero-order valence-corrected chi connectivity index (χ0v) is 22.9. The molecule has 182 valence electrons. The number of ether oxygens (including phenoxy) is 1. The normalized spacial score (nSPS) is 30.0. The number of aromatic nitrogens is 2. The second kappa shape index (κ2) is 9.30. The molecular weight excluding hydrogens is 444 g/mol. The first-order chi connectivity index (χ1) is 14.9. The molecule has 1 aromatic rings. The average molecular weight is 485 g/mol. The summed E-state index contributed by atoms with van der Waals surface area (Å²) in [6.07, 6.45) is 0.375. The molecule has 0 bridgehead atoms. The highest BCUT2D eigenvalue weighted by atomic mass is 28.5. The van der Waals surface area contributed by atoms with Gasteiger partial charge in [0.15, 0.2) is 0 Å². The molecule has 0 aliphatic carbocycles. The van der Waals surface area contributed by atoms with Crippen molar-refractivity contribution in [1.82, 2.24) is 9.55 Å². The fourth-order valence-corrected chi connectivity index (χ4v) is 16.6. The summed E-state index contributed by atoms with van der Waals surface area (Å²) in [4.78, 5) is 26.4. The highest BCUT2D eigenvalue weighted by Crippen LogP contribution is 2.49. The van der Waals surface area contributed by atoms with Crippen LogP contribution in [0.25, 0.3) is 0 Å². The SMILES string of the molecule is CC(C)[Si]1(C(C)C)OC[C@H]2O[C@@H](n3ccc(=O)[nH]c3=O)[C@@H](C)[C@@H]2O[Si](C(C)C)(C(C)C)O1. The van der Waals surface area contributed by atoms with Crippen LogP contribution < -0.4 is 11.2 Å². The van der Waals surface area contributed by atoms with Crippen molar-refractivity contribution >= 4 is 17.1 Å². The Morgan fingerprint density at radius 1 is 0.969 bits per heavy atom. The lowest BCUT2D eigenvalue weighted by Crippen LogP contribution is -2.65. The molecule has 2 saturated heterocycles. The zero-order valence-electron chi connectivity index (χ0n) is 20.9. The van der Waals surface area contributed by atoms with Crippen molar-refractivity contribution in [3.05, 3.63) is 33.1 Å². The fraction of sp³-hybridized carbons (Fsp3) is 0.818. The standard InChI is InChI=1S/C22H40N2O6Si2/c1-13(2)31(14(3)4)27-12-18-20(29-32(30-31,15(5)6)16(7)8)17(9)21(28-18)24-11-10-19(25)23-22(24)26/h10-11,13-18,20-21H,12H2,1-9H3,(H,23,25,26)/t17-,18+,20-,21+/m0/s1. The van der Waals surface area contributed by atoms with Gasteiger partial charge in [-0.2, -0.15) is 0 Å². The van der Waals surface area contributed by atoms with E-state index in [1.54, 1.807) is 0 Å². The Morgan fingerprint density at radius 3 is 2.03 bits per heavy atom. The number of H-pyrrole nitrogens is 1. The zero-order chi connectivity index (χ0) is 24.0. The van der Waals surface area contributed by atoms with Gasteiger partial charge in [-0.15, -0.1) is 0 Å². The molecule has 2 aliphatic rings. The smallest absolute Gasteiger partial charge is 0.335 e. The lowest BCUT2D eigenvalue weighted by molar-refractivity contribution is -0.0572. The molecule has 8 nitrogen and oxygen atoms in total. The second-order valence-corrected chi connectivity index (χ2v) is 19.3. The molecule has 0 radical (unpaired) electrons. The van der Waals surface area contributed by atoms with Crippen LogP contribution in [0.3, 0.4) is 0 Å². The minimum absolute atomic E-state index is 0.118. The lowest BCUT2D eigenvalue weighted by atomic mass is 10.0. The first-order valence-electron chi connectivity index (χ1n) is 11.8. The summed E-state index contributed by atoms with van der Waals surface area (Å²) < 4.78 is 28.9. The van der Waals surface area contributed by atoms with Crippen molar-refractivity contribution in [3.8, 4) is 0 Å². The quantitative estimate of drug-likeness (QED) is 0.635. The minimum atomic E-state index is -2.75. The summed E-state index contributed by atoms with van der Waals surface area (Å²) in [5.41, 5.74) is 0.0381. The summed E-state index contributed by atoms with van der Waals surface area (Å²) >= 11 is 0. The van der Waals surface area contributed by atoms with Gasteiger partial charge in [0.2, 0.25) is 0 Å². The van der Waals surface area contributed by atoms with Crippen LogP contribution in [-0.4, -0.2) is 45.5 Å². The van der Waals surface area contributed by atoms with E-state index in [-0.39, 0.29) is 40.3 Å². The third-order valence-corrected chi connectivity index (χ3v) is 17.4. The van der Waals surface area contributed by atoms with Crippen molar-refractivity contribution < 1.29 is 17.7 Å². The first-order valence-corrected chi connectivity index (χ1v) is 15.8. The molecule has 0 amide bonds. The van der Waals surface area contributed by atoms with Gasteiger partial charge >= 0.3 is 22.8 Å². The molecule has 3 rings (SSSR count). The fourth-order valence-electron chi connectivity index (χ4n) is 5.28. The number of hydrogen-bond acceptors (Lipinski definition) is 6. The van der Waals surface area contributed by atoms with Gasteiger partial charge in [0.25, 0.3) is 5.56 Å². The van der Waals surface area contributed by atoms with Gasteiger partial charge in [0.05, 0.1) is 12.7 Å². The topological polar surface area (TPSA) is 91.8 Å². The minimum Gasteiger partial charge on any atom is -0.414 e. The predicted molar refractivity (Wildman–Crippen MR) is 128 cm³/mol. The van der Waals surface area contributed by atoms with E-state index in [4.69, 9.17) is 17.7 Å². The molecule has 0 aromatic carbocycles. The van der Waals surface area contributed by atoms with Crippen LogP contribution in [0, 0.1) is 5.92 Å². The van der Waals surface area contributed by atoms with E-state index in [1.807, 2.05) is 6.92 Å². The second-order valence-electron chi connectivity index (χ2n) is 10.5. The van der Waals surface area contributed by atoms with Crippen LogP contribution in [0.5, 0.6) is 0 Å². The molecule has 4 atom stereocenters. The van der Waals surface area contributed by atoms with E-state index in [9.17, 15) is 9.59 Å². The number of nitrogens with one attached hydrogen (secondary N) is 1. The van der Waals surface area contributed by atoms with Crippen LogP contribution in [0.1, 0.15) is 68.5 Å². The van der Waals surface area contributed by atoms with Gasteiger partial charge in [-0.3, -0.25) is 14.3 Å². The molecule has 2 aliphatic heterocycles. The van der Waals surface area contributed by atoms with E-state index in [1.165, 1.54) is 16.8 Å². The number of fused-ring (bicyclic) bond motifs is 1. The van der Waals surface area contributed by atoms with Gasteiger partial charge in [-0.1, -0.05) is 62.3 Å². The number of rotatable bonds is 5. The molecular formula is C22H40N2O6Si2. The molecule has 2 fully saturated rings. The third-order valence-electron chi connectivity index (χ3n) is 7.11. The van der Waals surface area contributed by atoms with Crippen LogP contribution in [0.4, 0.5) is 0 Å². The maximum atomic E-state index is 12.5. The summed E-state index contributed by atoms with van der Waals surface area (Å²) in [7, 11) is -5.39. The van der Waals surface area contributed by atoms with Crippen molar-refractivity contribution in [2.45, 2.75) is 103 Å². The van der Waals surface area contributed by atoms with Gasteiger partial charge in [-0.25, -0.2) is 4.79 Å². The number of hydrogen-bond donors (Lipinski definition) is 1. The molecule has 10 heteroatoms. The number of nitrogens with zero attached hydrogens (tertiary/aromatic N) is 1. The summed E-state index contributed by atoms with van der Waals surface area (Å²) in [5.74, 6) is -0.118. The molecule has 32 heavy (non-hydrogen) atoms. The Kier molecular flexibility index (Phi) is 7.44. The Morgan fingerprint density at radius 2 is 1.53 bits per heavy atom. The van der Waals surface area contributed by atoms with Crippen LogP contribution in [0.15, 0.2) is 21.9 Å². The molecule has 0 saturated carbocycles. The number of aromatic amines is 1. The molecule has 1 N–H and O–H groups in total. The van der Waals surface area contributed by atoms with Gasteiger partial charge in [-0.05, 0) is 22.2 Å². The maximum Gasteiger partial charge on any atom is 0.335 e. The van der Waals surface area contributed by atoms with E-state index < -0.39 is 34.6 Å². The van der Waals surface area contributed by atoms with Gasteiger partial charge < -0.3 is 17.7 Å². The van der Waals surface area contributed by atoms with E-state index >= 15 is 0 Å². The Hall–Kier alpha value is -1.05. The van der Waals surface area contributed by atoms with Crippen LogP contribution >= 0.6 is 0 Å². The highest BCUT2D eigenvalue weighted by Gasteiger charge is 2.61. The summed E-state index contributed by atoms with van der Waals surface area (Å²) in [6, 6.07) is 1.34. The Balaban J connectivity index is 2.08. The van der Waals surface area contributed by atoms with Crippen molar-refractivity contribution in [2.24, 2.45) is 5.92 Å². The molecule has 0 unspecified atom stereocenters. The Labute approximate surface area is 193 Å². The van der Waals surface area contributed by atoms with E-state index in [2.05, 4.69) is 60.4 Å². The van der Waals surface area contributed by atoms with Gasteiger partial charge in [0.1, 0.15) is 12.3 Å². The van der Waals surface area contributed by atoms with Crippen LogP contribution in [0.2, 0.25) is 22.2 Å². The third kappa shape index (κ3) is 4.25. The van der Waals surface area contributed by atoms with Crippen LogP contribution in [-0.2, 0) is 17.7 Å². The monoisotopic (exact) mass is 484 g/mol. The lowest BCUT2D eigenvalue weighted by Gasteiger charge is -2.51. The molecule has 1 aromatic heterocycles. The van der Waals surface area contributed by atoms with E-state index in [0.29, 0.717) is 6.61 Å². The van der Waals surface area contributed by atoms with Gasteiger partial charge in [0, 0.05) is 18.2 Å². The van der Waals surface area contributed by atoms with Crippen molar-refractivity contribution in [1.29, 1.82) is 0 Å².